The lowest BCUT2D eigenvalue weighted by atomic mass is 9.89. The lowest BCUT2D eigenvalue weighted by molar-refractivity contribution is -0.124. The number of piperidine rings is 1. The summed E-state index contributed by atoms with van der Waals surface area (Å²) in [6.45, 7) is 0.753. The summed E-state index contributed by atoms with van der Waals surface area (Å²) in [6.07, 6.45) is 7.89. The second-order valence-corrected chi connectivity index (χ2v) is 6.68. The van der Waals surface area contributed by atoms with E-state index in [0.717, 1.165) is 25.0 Å². The zero-order chi connectivity index (χ0) is 16.0. The van der Waals surface area contributed by atoms with Gasteiger partial charge in [0.15, 0.2) is 0 Å². The molecule has 6 nitrogen and oxygen atoms in total. The second-order valence-electron chi connectivity index (χ2n) is 6.68. The predicted octanol–water partition coefficient (Wildman–Crippen LogP) is 1.32. The van der Waals surface area contributed by atoms with Crippen molar-refractivity contribution >= 4 is 17.5 Å². The van der Waals surface area contributed by atoms with Crippen molar-refractivity contribution in [1.29, 1.82) is 0 Å². The van der Waals surface area contributed by atoms with Crippen LogP contribution in [0.15, 0.2) is 30.7 Å². The van der Waals surface area contributed by atoms with Gasteiger partial charge in [-0.2, -0.15) is 0 Å². The van der Waals surface area contributed by atoms with Crippen LogP contribution in [0.25, 0.3) is 5.65 Å². The first-order chi connectivity index (χ1) is 11.1. The van der Waals surface area contributed by atoms with Crippen LogP contribution in [0, 0.1) is 11.8 Å². The molecule has 3 atom stereocenters. The molecule has 1 aliphatic carbocycles. The van der Waals surface area contributed by atoms with Gasteiger partial charge in [-0.15, -0.1) is 0 Å². The van der Waals surface area contributed by atoms with Crippen molar-refractivity contribution in [2.24, 2.45) is 11.8 Å². The molecule has 2 aromatic rings. The highest BCUT2D eigenvalue weighted by Gasteiger charge is 2.40. The maximum Gasteiger partial charge on any atom is 0.255 e. The molecule has 0 bridgehead atoms. The molecule has 1 saturated heterocycles. The molecule has 23 heavy (non-hydrogen) atoms. The summed E-state index contributed by atoms with van der Waals surface area (Å²) in [6, 6.07) is 3.90. The number of nitrogens with one attached hydrogen (secondary N) is 1. The van der Waals surface area contributed by atoms with Crippen molar-refractivity contribution in [3.8, 4) is 0 Å². The number of carbonyl (C=O) groups is 2. The fourth-order valence-corrected chi connectivity index (χ4v) is 3.97. The van der Waals surface area contributed by atoms with E-state index in [0.29, 0.717) is 23.8 Å². The van der Waals surface area contributed by atoms with E-state index in [-0.39, 0.29) is 17.9 Å². The highest BCUT2D eigenvalue weighted by atomic mass is 16.2. The average molecular weight is 312 g/mol. The molecule has 3 heterocycles. The molecule has 0 aromatic carbocycles. The van der Waals surface area contributed by atoms with Crippen LogP contribution in [0.4, 0.5) is 0 Å². The van der Waals surface area contributed by atoms with E-state index >= 15 is 0 Å². The number of nitrogens with zero attached hydrogens (tertiary/aromatic N) is 3. The van der Waals surface area contributed by atoms with Gasteiger partial charge in [0.2, 0.25) is 5.91 Å². The standard InChI is InChI=1S/C17H20N4O2/c1-20(14-6-12-8-16(22)19-9-13(12)7-14)17(23)11-2-3-15-18-4-5-21(15)10-11/h2-5,10,12-14H,6-9H2,1H3,(H,19,22)/t12-,13+,14-/m0/s1. The Morgan fingerprint density at radius 2 is 2.17 bits per heavy atom. The highest BCUT2D eigenvalue weighted by Crippen LogP contribution is 2.38. The van der Waals surface area contributed by atoms with Gasteiger partial charge < -0.3 is 14.6 Å². The molecule has 2 aromatic heterocycles. The van der Waals surface area contributed by atoms with E-state index in [9.17, 15) is 9.59 Å². The van der Waals surface area contributed by atoms with E-state index < -0.39 is 0 Å². The highest BCUT2D eigenvalue weighted by molar-refractivity contribution is 5.94. The Balaban J connectivity index is 1.51. The molecule has 2 amide bonds. The van der Waals surface area contributed by atoms with Crippen molar-refractivity contribution in [1.82, 2.24) is 19.6 Å². The number of hydrogen-bond donors (Lipinski definition) is 1. The minimum Gasteiger partial charge on any atom is -0.356 e. The first-order valence-electron chi connectivity index (χ1n) is 8.08. The van der Waals surface area contributed by atoms with Gasteiger partial charge >= 0.3 is 0 Å². The number of imidazole rings is 1. The SMILES string of the molecule is CN(C(=O)c1ccc2nccn2c1)[C@H]1C[C@H]2CC(=O)NC[C@H]2C1. The fraction of sp³-hybridized carbons (Fsp3) is 0.471. The largest absolute Gasteiger partial charge is 0.356 e. The monoisotopic (exact) mass is 312 g/mol. The first kappa shape index (κ1) is 14.2. The summed E-state index contributed by atoms with van der Waals surface area (Å²) in [5.74, 6) is 1.10. The summed E-state index contributed by atoms with van der Waals surface area (Å²) in [7, 11) is 1.87. The van der Waals surface area contributed by atoms with Crippen molar-refractivity contribution < 1.29 is 9.59 Å². The minimum atomic E-state index is 0.0310. The summed E-state index contributed by atoms with van der Waals surface area (Å²) < 4.78 is 1.86. The number of hydrogen-bond acceptors (Lipinski definition) is 3. The molecule has 2 aliphatic rings. The molecule has 0 spiro atoms. The van der Waals surface area contributed by atoms with E-state index in [2.05, 4.69) is 10.3 Å². The molecular weight excluding hydrogens is 292 g/mol. The maximum absolute atomic E-state index is 12.8. The Morgan fingerprint density at radius 3 is 3.04 bits per heavy atom. The molecule has 120 valence electrons. The summed E-state index contributed by atoms with van der Waals surface area (Å²) >= 11 is 0. The van der Waals surface area contributed by atoms with Crippen molar-refractivity contribution in [3.05, 3.63) is 36.3 Å². The van der Waals surface area contributed by atoms with E-state index in [1.54, 1.807) is 6.20 Å². The van der Waals surface area contributed by atoms with Crippen LogP contribution in [0.3, 0.4) is 0 Å². The molecule has 4 rings (SSSR count). The van der Waals surface area contributed by atoms with Crippen LogP contribution in [0.2, 0.25) is 0 Å². The molecule has 1 N–H and O–H groups in total. The zero-order valence-electron chi connectivity index (χ0n) is 13.1. The van der Waals surface area contributed by atoms with Crippen LogP contribution in [0.1, 0.15) is 29.6 Å². The van der Waals surface area contributed by atoms with Gasteiger partial charge in [-0.1, -0.05) is 0 Å². The average Bonchev–Trinajstić information content (AvgIpc) is 3.18. The summed E-state index contributed by atoms with van der Waals surface area (Å²) in [5.41, 5.74) is 1.50. The van der Waals surface area contributed by atoms with Gasteiger partial charge in [0.05, 0.1) is 5.56 Å². The lowest BCUT2D eigenvalue weighted by Crippen LogP contribution is -2.38. The number of pyridine rings is 1. The predicted molar refractivity (Wildman–Crippen MR) is 84.9 cm³/mol. The number of amides is 2. The normalized spacial score (nSPS) is 26.8. The Labute approximate surface area is 134 Å². The van der Waals surface area contributed by atoms with Crippen LogP contribution in [-0.2, 0) is 4.79 Å². The molecule has 2 fully saturated rings. The van der Waals surface area contributed by atoms with E-state index in [4.69, 9.17) is 0 Å². The molecule has 0 unspecified atom stereocenters. The van der Waals surface area contributed by atoms with Gasteiger partial charge in [0.1, 0.15) is 5.65 Å². The second kappa shape index (κ2) is 5.37. The Morgan fingerprint density at radius 1 is 1.35 bits per heavy atom. The third-order valence-corrected chi connectivity index (χ3v) is 5.33. The Bertz CT molecular complexity index is 769. The van der Waals surface area contributed by atoms with E-state index in [1.165, 1.54) is 0 Å². The quantitative estimate of drug-likeness (QED) is 0.909. The maximum atomic E-state index is 12.8. The third kappa shape index (κ3) is 2.48. The molecule has 1 aliphatic heterocycles. The van der Waals surface area contributed by atoms with Crippen LogP contribution < -0.4 is 5.32 Å². The smallest absolute Gasteiger partial charge is 0.255 e. The number of carbonyl (C=O) groups excluding carboxylic acids is 2. The molecule has 1 saturated carbocycles. The number of aromatic nitrogens is 2. The van der Waals surface area contributed by atoms with Crippen molar-refractivity contribution in [2.45, 2.75) is 25.3 Å². The van der Waals surface area contributed by atoms with Gasteiger partial charge in [0, 0.05) is 44.6 Å². The molecule has 0 radical (unpaired) electrons. The van der Waals surface area contributed by atoms with Gasteiger partial charge in [-0.25, -0.2) is 4.98 Å². The summed E-state index contributed by atoms with van der Waals surface area (Å²) in [4.78, 5) is 30.4. The topological polar surface area (TPSA) is 66.7 Å². The lowest BCUT2D eigenvalue weighted by Gasteiger charge is -2.25. The summed E-state index contributed by atoms with van der Waals surface area (Å²) in [5, 5.41) is 2.94. The fourth-order valence-electron chi connectivity index (χ4n) is 3.97. The van der Waals surface area contributed by atoms with Crippen LogP contribution in [0.5, 0.6) is 0 Å². The molecule has 6 heteroatoms. The van der Waals surface area contributed by atoms with E-state index in [1.807, 2.05) is 40.9 Å². The number of rotatable bonds is 2. The Kier molecular flexibility index (Phi) is 3.32. The van der Waals surface area contributed by atoms with Gasteiger partial charge in [-0.3, -0.25) is 9.59 Å². The molecular formula is C17H20N4O2. The minimum absolute atomic E-state index is 0.0310. The number of fused-ring (bicyclic) bond motifs is 2. The van der Waals surface area contributed by atoms with Crippen molar-refractivity contribution in [2.75, 3.05) is 13.6 Å². The van der Waals surface area contributed by atoms with Gasteiger partial charge in [0.25, 0.3) is 5.91 Å². The van der Waals surface area contributed by atoms with Gasteiger partial charge in [-0.05, 0) is 36.8 Å². The first-order valence-corrected chi connectivity index (χ1v) is 8.08. The third-order valence-electron chi connectivity index (χ3n) is 5.33. The Hall–Kier alpha value is -2.37. The van der Waals surface area contributed by atoms with Crippen molar-refractivity contribution in [3.63, 3.8) is 0 Å². The van der Waals surface area contributed by atoms with Crippen LogP contribution in [-0.4, -0.2) is 45.7 Å². The zero-order valence-corrected chi connectivity index (χ0v) is 13.1. The van der Waals surface area contributed by atoms with Crippen LogP contribution >= 0.6 is 0 Å².